The molecule has 2 atom stereocenters. The van der Waals surface area contributed by atoms with Gasteiger partial charge in [-0.05, 0) is 26.0 Å². The fraction of sp³-hybridized carbons (Fsp3) is 0.400. The summed E-state index contributed by atoms with van der Waals surface area (Å²) in [6.07, 6.45) is 0. The third-order valence-electron chi connectivity index (χ3n) is 1.19. The van der Waals surface area contributed by atoms with Crippen molar-refractivity contribution in [2.45, 2.75) is 24.6 Å². The Hall–Kier alpha value is -0.710. The van der Waals surface area contributed by atoms with Crippen molar-refractivity contribution in [3.63, 3.8) is 0 Å². The largest absolute Gasteiger partial charge is 0.508 e. The van der Waals surface area contributed by atoms with E-state index in [9.17, 15) is 0 Å². The average Bonchev–Trinajstić information content (AvgIpc) is 2.03. The van der Waals surface area contributed by atoms with Gasteiger partial charge < -0.3 is 16.6 Å². The second kappa shape index (κ2) is 7.67. The van der Waals surface area contributed by atoms with E-state index in [0.717, 1.165) is 0 Å². The molecule has 4 heteroatoms. The van der Waals surface area contributed by atoms with Gasteiger partial charge in [0.1, 0.15) is 5.75 Å². The Bertz CT molecular complexity index is 221. The van der Waals surface area contributed by atoms with Crippen molar-refractivity contribution in [3.05, 3.63) is 30.3 Å². The van der Waals surface area contributed by atoms with Crippen molar-refractivity contribution in [1.29, 1.82) is 0 Å². The van der Waals surface area contributed by atoms with Crippen LogP contribution in [0.5, 0.6) is 5.75 Å². The minimum Gasteiger partial charge on any atom is -0.508 e. The molecule has 1 aromatic rings. The second-order valence-electron chi connectivity index (χ2n) is 2.88. The topological polar surface area (TPSA) is 72.3 Å². The number of rotatable bonds is 2. The molecule has 0 spiro atoms. The van der Waals surface area contributed by atoms with Crippen molar-refractivity contribution in [1.82, 2.24) is 0 Å². The molecular formula is C10H18N2OS. The summed E-state index contributed by atoms with van der Waals surface area (Å²) in [4.78, 5) is 0. The molecule has 0 bridgehead atoms. The molecule has 0 saturated heterocycles. The van der Waals surface area contributed by atoms with Crippen molar-refractivity contribution in [2.75, 3.05) is 0 Å². The summed E-state index contributed by atoms with van der Waals surface area (Å²) in [5.41, 5.74) is 10.8. The maximum Gasteiger partial charge on any atom is 0.115 e. The Morgan fingerprint density at radius 1 is 1.07 bits per heavy atom. The van der Waals surface area contributed by atoms with E-state index in [4.69, 9.17) is 16.6 Å². The van der Waals surface area contributed by atoms with E-state index >= 15 is 0 Å². The molecule has 14 heavy (non-hydrogen) atoms. The molecule has 0 aliphatic rings. The second-order valence-corrected chi connectivity index (χ2v) is 4.64. The van der Waals surface area contributed by atoms with Crippen molar-refractivity contribution < 1.29 is 5.11 Å². The quantitative estimate of drug-likeness (QED) is 0.655. The standard InChI is InChI=1S/C6H6O.C4H12N2S/c7-6-4-2-1-3-5-6;1-3(5)7-4(2)6/h1-5,7H;3-4H,5-6H2,1-2H3. The molecule has 0 fully saturated rings. The van der Waals surface area contributed by atoms with Gasteiger partial charge in [0.15, 0.2) is 0 Å². The molecule has 0 saturated carbocycles. The minimum atomic E-state index is 0.167. The molecule has 5 N–H and O–H groups in total. The first-order valence-electron chi connectivity index (χ1n) is 4.43. The van der Waals surface area contributed by atoms with Gasteiger partial charge in [-0.15, -0.1) is 11.8 Å². The highest BCUT2D eigenvalue weighted by molar-refractivity contribution is 8.00. The Morgan fingerprint density at radius 2 is 1.50 bits per heavy atom. The van der Waals surface area contributed by atoms with E-state index in [2.05, 4.69) is 0 Å². The van der Waals surface area contributed by atoms with Crippen LogP contribution < -0.4 is 11.5 Å². The first kappa shape index (κ1) is 13.3. The highest BCUT2D eigenvalue weighted by Gasteiger charge is 1.96. The molecule has 0 aliphatic heterocycles. The smallest absolute Gasteiger partial charge is 0.115 e. The summed E-state index contributed by atoms with van der Waals surface area (Å²) < 4.78 is 0. The number of hydrogen-bond acceptors (Lipinski definition) is 4. The van der Waals surface area contributed by atoms with Gasteiger partial charge in [0, 0.05) is 10.7 Å². The summed E-state index contributed by atoms with van der Waals surface area (Å²) in [5, 5.41) is 8.97. The number of benzene rings is 1. The molecule has 0 amide bonds. The van der Waals surface area contributed by atoms with E-state index in [1.54, 1.807) is 36.0 Å². The van der Waals surface area contributed by atoms with E-state index < -0.39 is 0 Å². The molecule has 1 rings (SSSR count). The van der Waals surface area contributed by atoms with Crippen LogP contribution in [0.2, 0.25) is 0 Å². The van der Waals surface area contributed by atoms with Crippen LogP contribution >= 0.6 is 11.8 Å². The zero-order valence-electron chi connectivity index (χ0n) is 8.55. The molecule has 3 nitrogen and oxygen atoms in total. The number of phenols is 1. The van der Waals surface area contributed by atoms with Crippen LogP contribution in [0.15, 0.2) is 30.3 Å². The van der Waals surface area contributed by atoms with E-state index in [1.165, 1.54) is 0 Å². The SMILES string of the molecule is CC(N)SC(C)N.Oc1ccccc1. The van der Waals surface area contributed by atoms with Crippen molar-refractivity contribution >= 4 is 11.8 Å². The lowest BCUT2D eigenvalue weighted by atomic mass is 10.3. The molecule has 0 aliphatic carbocycles. The van der Waals surface area contributed by atoms with Crippen LogP contribution in [-0.4, -0.2) is 15.9 Å². The van der Waals surface area contributed by atoms with Gasteiger partial charge >= 0.3 is 0 Å². The predicted molar refractivity (Wildman–Crippen MR) is 63.0 cm³/mol. The number of para-hydroxylation sites is 1. The van der Waals surface area contributed by atoms with Gasteiger partial charge in [-0.2, -0.15) is 0 Å². The Labute approximate surface area is 89.5 Å². The fourth-order valence-corrected chi connectivity index (χ4v) is 1.44. The highest BCUT2D eigenvalue weighted by atomic mass is 32.2. The van der Waals surface area contributed by atoms with E-state index in [0.29, 0.717) is 5.75 Å². The number of thioether (sulfide) groups is 1. The van der Waals surface area contributed by atoms with Gasteiger partial charge in [-0.25, -0.2) is 0 Å². The Balaban J connectivity index is 0.000000241. The third-order valence-corrected chi connectivity index (χ3v) is 2.04. The minimum absolute atomic E-state index is 0.167. The van der Waals surface area contributed by atoms with Crippen LogP contribution in [0.3, 0.4) is 0 Å². The van der Waals surface area contributed by atoms with Gasteiger partial charge in [0.05, 0.1) is 0 Å². The zero-order valence-corrected chi connectivity index (χ0v) is 9.37. The lowest BCUT2D eigenvalue weighted by Crippen LogP contribution is -2.19. The monoisotopic (exact) mass is 214 g/mol. The Morgan fingerprint density at radius 3 is 1.64 bits per heavy atom. The summed E-state index contributed by atoms with van der Waals surface area (Å²) in [5.74, 6) is 0.322. The third kappa shape index (κ3) is 9.38. The highest BCUT2D eigenvalue weighted by Crippen LogP contribution is 2.06. The van der Waals surface area contributed by atoms with Gasteiger partial charge in [-0.3, -0.25) is 0 Å². The summed E-state index contributed by atoms with van der Waals surface area (Å²) in [6.45, 7) is 3.85. The average molecular weight is 214 g/mol. The van der Waals surface area contributed by atoms with Gasteiger partial charge in [0.2, 0.25) is 0 Å². The number of aromatic hydroxyl groups is 1. The lowest BCUT2D eigenvalue weighted by Gasteiger charge is -2.06. The zero-order chi connectivity index (χ0) is 11.0. The van der Waals surface area contributed by atoms with E-state index in [1.807, 2.05) is 19.9 Å². The lowest BCUT2D eigenvalue weighted by molar-refractivity contribution is 0.475. The fourth-order valence-electron chi connectivity index (χ4n) is 0.767. The maximum atomic E-state index is 8.63. The van der Waals surface area contributed by atoms with Crippen LogP contribution in [0, 0.1) is 0 Å². The normalized spacial score (nSPS) is 13.7. The van der Waals surface area contributed by atoms with Crippen LogP contribution in [-0.2, 0) is 0 Å². The molecule has 0 heterocycles. The molecule has 1 aromatic carbocycles. The number of hydrogen-bond donors (Lipinski definition) is 3. The van der Waals surface area contributed by atoms with Crippen LogP contribution in [0.1, 0.15) is 13.8 Å². The molecule has 80 valence electrons. The number of nitrogens with two attached hydrogens (primary N) is 2. The van der Waals surface area contributed by atoms with E-state index in [-0.39, 0.29) is 10.7 Å². The Kier molecular flexibility index (Phi) is 7.28. The number of phenolic OH excluding ortho intramolecular Hbond substituents is 1. The molecular weight excluding hydrogens is 196 g/mol. The van der Waals surface area contributed by atoms with Crippen molar-refractivity contribution in [2.24, 2.45) is 11.5 Å². The summed E-state index contributed by atoms with van der Waals surface area (Å²) >= 11 is 1.56. The summed E-state index contributed by atoms with van der Waals surface area (Å²) in [7, 11) is 0. The maximum absolute atomic E-state index is 8.63. The molecule has 0 radical (unpaired) electrons. The predicted octanol–water partition coefficient (Wildman–Crippen LogP) is 1.72. The van der Waals surface area contributed by atoms with Crippen LogP contribution in [0.4, 0.5) is 0 Å². The first-order chi connectivity index (χ1) is 6.52. The van der Waals surface area contributed by atoms with Crippen molar-refractivity contribution in [3.8, 4) is 5.75 Å². The molecule has 2 unspecified atom stereocenters. The molecule has 0 aromatic heterocycles. The van der Waals surface area contributed by atoms with Crippen LogP contribution in [0.25, 0.3) is 0 Å². The first-order valence-corrected chi connectivity index (χ1v) is 5.37. The summed E-state index contributed by atoms with van der Waals surface area (Å²) in [6, 6.07) is 8.71. The van der Waals surface area contributed by atoms with Gasteiger partial charge in [0.25, 0.3) is 0 Å². The van der Waals surface area contributed by atoms with Gasteiger partial charge in [-0.1, -0.05) is 18.2 Å².